The molecule has 2 fully saturated rings. The number of piperidine rings is 1. The molecule has 36 heavy (non-hydrogen) atoms. The van der Waals surface area contributed by atoms with Crippen molar-refractivity contribution in [1.82, 2.24) is 29.0 Å². The molecule has 0 unspecified atom stereocenters. The summed E-state index contributed by atoms with van der Waals surface area (Å²) in [5.41, 5.74) is 4.21. The smallest absolute Gasteiger partial charge is 0.259 e. The largest absolute Gasteiger partial charge is 0.322 e. The van der Waals surface area contributed by atoms with Gasteiger partial charge in [0, 0.05) is 44.4 Å². The molecule has 8 nitrogen and oxygen atoms in total. The van der Waals surface area contributed by atoms with Crippen LogP contribution in [0.1, 0.15) is 66.3 Å². The molecule has 1 aliphatic carbocycles. The van der Waals surface area contributed by atoms with E-state index in [1.807, 2.05) is 40.4 Å². The maximum Gasteiger partial charge on any atom is 0.259 e. The van der Waals surface area contributed by atoms with Crippen LogP contribution in [0.4, 0.5) is 5.69 Å². The second-order valence-corrected chi connectivity index (χ2v) is 10.6. The summed E-state index contributed by atoms with van der Waals surface area (Å²) in [6, 6.07) is 10.2. The SMILES string of the molecule is C[C@H]1CCCN(Cc2cc(C(=O)Nc3cccc(C4(c5nncn5C)CCC4)c3)c3nccn3c2)C1. The summed E-state index contributed by atoms with van der Waals surface area (Å²) in [5, 5.41) is 11.7. The lowest BCUT2D eigenvalue weighted by atomic mass is 9.63. The van der Waals surface area contributed by atoms with Gasteiger partial charge in [-0.1, -0.05) is 25.5 Å². The highest BCUT2D eigenvalue weighted by Gasteiger charge is 2.44. The highest BCUT2D eigenvalue weighted by molar-refractivity contribution is 6.08. The standard InChI is InChI=1S/C28H33N7O/c1-20-6-4-12-34(16-20)17-21-14-24(25-29-11-13-35(25)18-21)26(36)31-23-8-3-7-22(15-23)28(9-5-10-28)27-32-30-19-33(27)2/h3,7-8,11,13-15,18-20H,4-6,9-10,12,16-17H2,1-2H3,(H,31,36)/t20-/m0/s1. The van der Waals surface area contributed by atoms with E-state index in [9.17, 15) is 4.79 Å². The number of nitrogens with zero attached hydrogens (tertiary/aromatic N) is 6. The van der Waals surface area contributed by atoms with E-state index in [1.165, 1.54) is 18.4 Å². The number of fused-ring (bicyclic) bond motifs is 1. The molecule has 6 rings (SSSR count). The maximum atomic E-state index is 13.5. The molecule has 0 radical (unpaired) electrons. The fourth-order valence-corrected chi connectivity index (χ4v) is 6.02. The number of rotatable bonds is 6. The van der Waals surface area contributed by atoms with Crippen LogP contribution in [0.2, 0.25) is 0 Å². The predicted octanol–water partition coefficient (Wildman–Crippen LogP) is 4.42. The predicted molar refractivity (Wildman–Crippen MR) is 139 cm³/mol. The molecule has 2 aliphatic rings. The Bertz CT molecular complexity index is 1400. The van der Waals surface area contributed by atoms with Crippen LogP contribution in [-0.4, -0.2) is 48.0 Å². The van der Waals surface area contributed by atoms with Crippen molar-refractivity contribution >= 4 is 17.2 Å². The summed E-state index contributed by atoms with van der Waals surface area (Å²) >= 11 is 0. The Morgan fingerprint density at radius 3 is 2.86 bits per heavy atom. The molecule has 1 amide bonds. The zero-order valence-corrected chi connectivity index (χ0v) is 21.0. The van der Waals surface area contributed by atoms with E-state index in [1.54, 1.807) is 12.5 Å². The number of amides is 1. The number of aryl methyl sites for hydroxylation is 1. The van der Waals surface area contributed by atoms with Crippen LogP contribution in [0.5, 0.6) is 0 Å². The van der Waals surface area contributed by atoms with Crippen LogP contribution >= 0.6 is 0 Å². The monoisotopic (exact) mass is 483 g/mol. The third-order valence-electron chi connectivity index (χ3n) is 7.96. The minimum atomic E-state index is -0.145. The molecule has 1 N–H and O–H groups in total. The molecular weight excluding hydrogens is 450 g/mol. The van der Waals surface area contributed by atoms with Gasteiger partial charge in [-0.3, -0.25) is 9.69 Å². The third kappa shape index (κ3) is 4.09. The molecule has 1 aliphatic heterocycles. The number of carbonyl (C=O) groups is 1. The Labute approximate surface area is 211 Å². The van der Waals surface area contributed by atoms with E-state index < -0.39 is 0 Å². The average molecular weight is 484 g/mol. The van der Waals surface area contributed by atoms with Crippen molar-refractivity contribution in [2.75, 3.05) is 18.4 Å². The minimum absolute atomic E-state index is 0.140. The van der Waals surface area contributed by atoms with Crippen LogP contribution in [-0.2, 0) is 19.0 Å². The van der Waals surface area contributed by atoms with Crippen LogP contribution in [0, 0.1) is 5.92 Å². The normalized spacial score (nSPS) is 19.8. The number of hydrogen-bond acceptors (Lipinski definition) is 5. The zero-order chi connectivity index (χ0) is 24.7. The number of anilines is 1. The fourth-order valence-electron chi connectivity index (χ4n) is 6.02. The van der Waals surface area contributed by atoms with Gasteiger partial charge >= 0.3 is 0 Å². The van der Waals surface area contributed by atoms with Gasteiger partial charge in [-0.2, -0.15) is 0 Å². The molecule has 3 aromatic heterocycles. The van der Waals surface area contributed by atoms with Crippen molar-refractivity contribution in [3.8, 4) is 0 Å². The molecule has 1 saturated heterocycles. The number of benzene rings is 1. The van der Waals surface area contributed by atoms with Crippen molar-refractivity contribution in [3.05, 3.63) is 77.8 Å². The Hall–Kier alpha value is -3.52. The first-order chi connectivity index (χ1) is 17.5. The van der Waals surface area contributed by atoms with Crippen LogP contribution in [0.3, 0.4) is 0 Å². The van der Waals surface area contributed by atoms with Gasteiger partial charge in [-0.05, 0) is 67.5 Å². The van der Waals surface area contributed by atoms with Crippen molar-refractivity contribution in [3.63, 3.8) is 0 Å². The summed E-state index contributed by atoms with van der Waals surface area (Å²) in [5.74, 6) is 1.56. The quantitative estimate of drug-likeness (QED) is 0.439. The molecule has 8 heteroatoms. The van der Waals surface area contributed by atoms with Crippen LogP contribution < -0.4 is 5.32 Å². The van der Waals surface area contributed by atoms with Crippen LogP contribution in [0.15, 0.2) is 55.2 Å². The van der Waals surface area contributed by atoms with Crippen molar-refractivity contribution < 1.29 is 4.79 Å². The summed E-state index contributed by atoms with van der Waals surface area (Å²) in [6.45, 7) is 5.36. The van der Waals surface area contributed by atoms with Crippen molar-refractivity contribution in [2.45, 2.75) is 51.0 Å². The summed E-state index contributed by atoms with van der Waals surface area (Å²) in [4.78, 5) is 20.5. The molecular formula is C28H33N7O. The Morgan fingerprint density at radius 2 is 2.11 bits per heavy atom. The van der Waals surface area contributed by atoms with E-state index in [2.05, 4.69) is 50.7 Å². The van der Waals surface area contributed by atoms with E-state index >= 15 is 0 Å². The lowest BCUT2D eigenvalue weighted by Crippen LogP contribution is -2.38. The summed E-state index contributed by atoms with van der Waals surface area (Å²) in [6.07, 6.45) is 13.3. The molecule has 0 spiro atoms. The number of hydrogen-bond donors (Lipinski definition) is 1. The van der Waals surface area contributed by atoms with Crippen molar-refractivity contribution in [2.24, 2.45) is 13.0 Å². The molecule has 4 heterocycles. The van der Waals surface area contributed by atoms with Gasteiger partial charge in [0.15, 0.2) is 0 Å². The molecule has 1 aromatic carbocycles. The van der Waals surface area contributed by atoms with E-state index in [0.717, 1.165) is 56.0 Å². The van der Waals surface area contributed by atoms with Gasteiger partial charge in [-0.15, -0.1) is 10.2 Å². The van der Waals surface area contributed by atoms with Crippen molar-refractivity contribution in [1.29, 1.82) is 0 Å². The highest BCUT2D eigenvalue weighted by Crippen LogP contribution is 2.48. The Morgan fingerprint density at radius 1 is 1.22 bits per heavy atom. The highest BCUT2D eigenvalue weighted by atomic mass is 16.1. The topological polar surface area (TPSA) is 80.3 Å². The lowest BCUT2D eigenvalue weighted by Gasteiger charge is -2.41. The first-order valence-corrected chi connectivity index (χ1v) is 13.0. The number of carbonyl (C=O) groups excluding carboxylic acids is 1. The van der Waals surface area contributed by atoms with Gasteiger partial charge in [0.25, 0.3) is 5.91 Å². The van der Waals surface area contributed by atoms with E-state index in [-0.39, 0.29) is 11.3 Å². The van der Waals surface area contributed by atoms with E-state index in [0.29, 0.717) is 17.1 Å². The maximum absolute atomic E-state index is 13.5. The summed E-state index contributed by atoms with van der Waals surface area (Å²) in [7, 11) is 1.99. The van der Waals surface area contributed by atoms with Gasteiger partial charge in [0.05, 0.1) is 11.0 Å². The molecule has 186 valence electrons. The lowest BCUT2D eigenvalue weighted by molar-refractivity contribution is 0.102. The van der Waals surface area contributed by atoms with Crippen LogP contribution in [0.25, 0.3) is 5.65 Å². The minimum Gasteiger partial charge on any atom is -0.322 e. The Kier molecular flexibility index (Phi) is 5.84. The Balaban J connectivity index is 1.27. The third-order valence-corrected chi connectivity index (χ3v) is 7.96. The number of aromatic nitrogens is 5. The number of imidazole rings is 1. The second kappa shape index (κ2) is 9.17. The van der Waals surface area contributed by atoms with Gasteiger partial charge in [0.2, 0.25) is 0 Å². The van der Waals surface area contributed by atoms with Gasteiger partial charge < -0.3 is 14.3 Å². The second-order valence-electron chi connectivity index (χ2n) is 10.6. The number of nitrogens with one attached hydrogen (secondary N) is 1. The average Bonchev–Trinajstić information content (AvgIpc) is 3.47. The van der Waals surface area contributed by atoms with Gasteiger partial charge in [-0.25, -0.2) is 4.98 Å². The van der Waals surface area contributed by atoms with E-state index in [4.69, 9.17) is 0 Å². The number of likely N-dealkylation sites (tertiary alicyclic amines) is 1. The molecule has 0 bridgehead atoms. The zero-order valence-electron chi connectivity index (χ0n) is 21.0. The molecule has 1 saturated carbocycles. The summed E-state index contributed by atoms with van der Waals surface area (Å²) < 4.78 is 3.97. The van der Waals surface area contributed by atoms with Gasteiger partial charge in [0.1, 0.15) is 17.8 Å². The molecule has 4 aromatic rings. The number of pyridine rings is 1. The first kappa shape index (κ1) is 22.9. The fraction of sp³-hybridized carbons (Fsp3) is 0.429. The first-order valence-electron chi connectivity index (χ1n) is 13.0. The molecule has 1 atom stereocenters.